The number of anilines is 1. The van der Waals surface area contributed by atoms with Crippen molar-refractivity contribution in [2.24, 2.45) is 0 Å². The van der Waals surface area contributed by atoms with E-state index >= 15 is 0 Å². The van der Waals surface area contributed by atoms with Crippen molar-refractivity contribution in [3.8, 4) is 0 Å². The van der Waals surface area contributed by atoms with Crippen LogP contribution < -0.4 is 10.6 Å². The first kappa shape index (κ1) is 16.6. The van der Waals surface area contributed by atoms with Gasteiger partial charge >= 0.3 is 12.2 Å². The summed E-state index contributed by atoms with van der Waals surface area (Å²) in [4.78, 5) is 16.4. The molecule has 0 radical (unpaired) electrons. The Morgan fingerprint density at radius 1 is 1.35 bits per heavy atom. The average molecular weight is 329 g/mol. The number of hydrogen-bond acceptors (Lipinski definition) is 5. The zero-order valence-corrected chi connectivity index (χ0v) is 12.3. The number of nitrogens with zero attached hydrogens (tertiary/aromatic N) is 5. The molecule has 2 heterocycles. The topological polar surface area (TPSA) is 97.6 Å². The Hall–Kier alpha value is -2.72. The minimum absolute atomic E-state index is 0.00629. The summed E-state index contributed by atoms with van der Waals surface area (Å²) in [6.07, 6.45) is -4.53. The molecule has 0 unspecified atom stereocenters. The van der Waals surface area contributed by atoms with Crippen LogP contribution in [0.25, 0.3) is 0 Å². The predicted molar refractivity (Wildman–Crippen MR) is 73.3 cm³/mol. The maximum atomic E-state index is 12.5. The Balaban J connectivity index is 1.91. The Morgan fingerprint density at radius 3 is 2.70 bits per heavy atom. The van der Waals surface area contributed by atoms with E-state index in [4.69, 9.17) is 0 Å². The molecule has 11 heteroatoms. The monoisotopic (exact) mass is 329 g/mol. The Morgan fingerprint density at radius 2 is 2.09 bits per heavy atom. The van der Waals surface area contributed by atoms with Gasteiger partial charge < -0.3 is 5.32 Å². The third kappa shape index (κ3) is 4.63. The van der Waals surface area contributed by atoms with Crippen LogP contribution in [0.3, 0.4) is 0 Å². The summed E-state index contributed by atoms with van der Waals surface area (Å²) in [5.41, 5.74) is -0.937. The number of carbonyl (C=O) groups is 1. The second-order valence-electron chi connectivity index (χ2n) is 4.85. The molecule has 2 amide bonds. The largest absolute Gasteiger partial charge is 0.433 e. The van der Waals surface area contributed by atoms with Gasteiger partial charge in [0.2, 0.25) is 0 Å². The normalized spacial score (nSPS) is 11.6. The fourth-order valence-electron chi connectivity index (χ4n) is 1.55. The number of pyridine rings is 1. The zero-order chi connectivity index (χ0) is 17.0. The van der Waals surface area contributed by atoms with Crippen LogP contribution in [0, 0.1) is 0 Å². The summed E-state index contributed by atoms with van der Waals surface area (Å²) >= 11 is 0. The van der Waals surface area contributed by atoms with Gasteiger partial charge in [0.05, 0.1) is 18.3 Å². The Bertz CT molecular complexity index is 683. The predicted octanol–water partition coefficient (Wildman–Crippen LogP) is 1.99. The maximum absolute atomic E-state index is 12.5. The first-order valence-corrected chi connectivity index (χ1v) is 6.63. The molecule has 0 spiro atoms. The lowest BCUT2D eigenvalue weighted by Crippen LogP contribution is -2.29. The van der Waals surface area contributed by atoms with Crippen molar-refractivity contribution in [1.29, 1.82) is 0 Å². The molecule has 2 aromatic heterocycles. The second-order valence-corrected chi connectivity index (χ2v) is 4.85. The van der Waals surface area contributed by atoms with Crippen molar-refractivity contribution in [3.05, 3.63) is 29.6 Å². The minimum Gasteiger partial charge on any atom is -0.332 e. The number of halogens is 3. The molecule has 0 fully saturated rings. The van der Waals surface area contributed by atoms with E-state index in [0.29, 0.717) is 0 Å². The van der Waals surface area contributed by atoms with E-state index in [9.17, 15) is 18.0 Å². The molecular formula is C12H14F3N7O. The summed E-state index contributed by atoms with van der Waals surface area (Å²) in [5, 5.41) is 15.9. The molecule has 0 aliphatic heterocycles. The van der Waals surface area contributed by atoms with Gasteiger partial charge in [-0.1, -0.05) is 11.2 Å². The molecule has 2 N–H and O–H groups in total. The molecule has 0 saturated carbocycles. The van der Waals surface area contributed by atoms with Crippen molar-refractivity contribution in [2.45, 2.75) is 32.6 Å². The van der Waals surface area contributed by atoms with Gasteiger partial charge in [0.1, 0.15) is 5.69 Å². The SMILES string of the molecule is CC(C)n1nnc(NC(=O)NCc2cccc(C(F)(F)F)n2)n1. The van der Waals surface area contributed by atoms with Crippen LogP contribution in [0.2, 0.25) is 0 Å². The van der Waals surface area contributed by atoms with E-state index in [2.05, 4.69) is 31.0 Å². The first-order chi connectivity index (χ1) is 10.8. The minimum atomic E-state index is -4.53. The van der Waals surface area contributed by atoms with Crippen molar-refractivity contribution in [3.63, 3.8) is 0 Å². The van der Waals surface area contributed by atoms with Crippen LogP contribution in [-0.4, -0.2) is 31.2 Å². The summed E-state index contributed by atoms with van der Waals surface area (Å²) < 4.78 is 37.6. The van der Waals surface area contributed by atoms with Gasteiger partial charge in [0, 0.05) is 0 Å². The number of nitrogens with one attached hydrogen (secondary N) is 2. The highest BCUT2D eigenvalue weighted by atomic mass is 19.4. The van der Waals surface area contributed by atoms with E-state index in [1.54, 1.807) is 0 Å². The van der Waals surface area contributed by atoms with Crippen molar-refractivity contribution in [2.75, 3.05) is 5.32 Å². The number of carbonyl (C=O) groups excluding carboxylic acids is 1. The molecule has 0 aromatic carbocycles. The van der Waals surface area contributed by atoms with Gasteiger partial charge in [-0.05, 0) is 31.2 Å². The third-order valence-electron chi connectivity index (χ3n) is 2.64. The van der Waals surface area contributed by atoms with Crippen molar-refractivity contribution >= 4 is 12.0 Å². The molecule has 0 atom stereocenters. The van der Waals surface area contributed by atoms with Gasteiger partial charge in [-0.15, -0.1) is 5.10 Å². The quantitative estimate of drug-likeness (QED) is 0.894. The van der Waals surface area contributed by atoms with Gasteiger partial charge in [-0.3, -0.25) is 5.32 Å². The zero-order valence-electron chi connectivity index (χ0n) is 12.3. The molecule has 0 aliphatic carbocycles. The van der Waals surface area contributed by atoms with E-state index in [1.165, 1.54) is 16.9 Å². The highest BCUT2D eigenvalue weighted by Gasteiger charge is 2.32. The average Bonchev–Trinajstić information content (AvgIpc) is 2.93. The lowest BCUT2D eigenvalue weighted by molar-refractivity contribution is -0.141. The van der Waals surface area contributed by atoms with E-state index < -0.39 is 17.9 Å². The number of hydrogen-bond donors (Lipinski definition) is 2. The Labute approximate surface area is 129 Å². The molecule has 8 nitrogen and oxygen atoms in total. The second kappa shape index (κ2) is 6.58. The molecular weight excluding hydrogens is 315 g/mol. The van der Waals surface area contributed by atoms with Crippen LogP contribution in [-0.2, 0) is 12.7 Å². The number of rotatable bonds is 4. The standard InChI is InChI=1S/C12H14F3N7O/c1-7(2)22-20-10(19-21-22)18-11(23)16-6-8-4-3-5-9(17-8)12(13,14)15/h3-5,7H,6H2,1-2H3,(H2,16,18,20,23). The molecule has 0 bridgehead atoms. The van der Waals surface area contributed by atoms with Crippen molar-refractivity contribution in [1.82, 2.24) is 30.5 Å². The molecule has 2 aromatic rings. The molecule has 124 valence electrons. The van der Waals surface area contributed by atoms with Gasteiger partial charge in [0.25, 0.3) is 5.95 Å². The number of amides is 2. The summed E-state index contributed by atoms with van der Waals surface area (Å²) in [7, 11) is 0. The first-order valence-electron chi connectivity index (χ1n) is 6.63. The lowest BCUT2D eigenvalue weighted by Gasteiger charge is -2.08. The lowest BCUT2D eigenvalue weighted by atomic mass is 10.3. The smallest absolute Gasteiger partial charge is 0.332 e. The van der Waals surface area contributed by atoms with Crippen LogP contribution >= 0.6 is 0 Å². The maximum Gasteiger partial charge on any atom is 0.433 e. The molecule has 0 aliphatic rings. The summed E-state index contributed by atoms with van der Waals surface area (Å²) in [5.74, 6) is -0.00629. The molecule has 2 rings (SSSR count). The third-order valence-corrected chi connectivity index (χ3v) is 2.64. The number of aromatic nitrogens is 5. The highest BCUT2D eigenvalue weighted by Crippen LogP contribution is 2.27. The van der Waals surface area contributed by atoms with Crippen LogP contribution in [0.4, 0.5) is 23.9 Å². The van der Waals surface area contributed by atoms with Crippen molar-refractivity contribution < 1.29 is 18.0 Å². The Kier molecular flexibility index (Phi) is 4.77. The molecule has 23 heavy (non-hydrogen) atoms. The van der Waals surface area contributed by atoms with Gasteiger partial charge in [-0.25, -0.2) is 9.78 Å². The number of urea groups is 1. The van der Waals surface area contributed by atoms with E-state index in [-0.39, 0.29) is 24.2 Å². The fraction of sp³-hybridized carbons (Fsp3) is 0.417. The van der Waals surface area contributed by atoms with Gasteiger partial charge in [0.15, 0.2) is 0 Å². The van der Waals surface area contributed by atoms with Gasteiger partial charge in [-0.2, -0.15) is 18.0 Å². The van der Waals surface area contributed by atoms with Crippen LogP contribution in [0.5, 0.6) is 0 Å². The van der Waals surface area contributed by atoms with E-state index in [1.807, 2.05) is 13.8 Å². The summed E-state index contributed by atoms with van der Waals surface area (Å²) in [6.45, 7) is 3.50. The number of tetrazole rings is 1. The van der Waals surface area contributed by atoms with Crippen LogP contribution in [0.1, 0.15) is 31.3 Å². The summed E-state index contributed by atoms with van der Waals surface area (Å²) in [6, 6.07) is 2.77. The van der Waals surface area contributed by atoms with Crippen LogP contribution in [0.15, 0.2) is 18.2 Å². The fourth-order valence-corrected chi connectivity index (χ4v) is 1.55. The number of alkyl halides is 3. The molecule has 0 saturated heterocycles. The van der Waals surface area contributed by atoms with E-state index in [0.717, 1.165) is 6.07 Å². The highest BCUT2D eigenvalue weighted by molar-refractivity contribution is 5.87.